The van der Waals surface area contributed by atoms with Gasteiger partial charge in [0.1, 0.15) is 17.8 Å². The van der Waals surface area contributed by atoms with Crippen LogP contribution >= 0.6 is 34.5 Å². The second kappa shape index (κ2) is 5.05. The average Bonchev–Trinajstić information content (AvgIpc) is 2.99. The maximum absolute atomic E-state index is 11.1. The first-order valence-electron chi connectivity index (χ1n) is 6.14. The van der Waals surface area contributed by atoms with Gasteiger partial charge in [-0.3, -0.25) is 5.10 Å². The smallest absolute Gasteiger partial charge is 0.137 e. The number of hydrogen-bond acceptors (Lipinski definition) is 4. The van der Waals surface area contributed by atoms with E-state index in [9.17, 15) is 5.11 Å². The number of hydrogen-bond donors (Lipinski definition) is 2. The molecule has 2 aromatic heterocycles. The highest BCUT2D eigenvalue weighted by atomic mass is 35.5. The van der Waals surface area contributed by atoms with Gasteiger partial charge in [-0.15, -0.1) is 11.3 Å². The van der Waals surface area contributed by atoms with Crippen molar-refractivity contribution >= 4 is 34.5 Å². The number of aromatic nitrogens is 3. The number of aromatic amines is 1. The molecule has 1 aliphatic carbocycles. The van der Waals surface area contributed by atoms with Gasteiger partial charge in [0.05, 0.1) is 20.2 Å². The molecule has 1 fully saturated rings. The van der Waals surface area contributed by atoms with Crippen LogP contribution in [-0.4, -0.2) is 20.3 Å². The highest BCUT2D eigenvalue weighted by Gasteiger charge is 2.45. The van der Waals surface area contributed by atoms with Gasteiger partial charge in [-0.05, 0) is 18.9 Å². The van der Waals surface area contributed by atoms with Crippen molar-refractivity contribution in [3.63, 3.8) is 0 Å². The first kappa shape index (κ1) is 13.4. The van der Waals surface area contributed by atoms with Crippen molar-refractivity contribution in [1.29, 1.82) is 0 Å². The molecule has 0 amide bonds. The molecule has 4 nitrogen and oxygen atoms in total. The summed E-state index contributed by atoms with van der Waals surface area (Å²) >= 11 is 13.6. The SMILES string of the molecule is OC1(c2sc(Cl)cc2Cl)CCCCC1c1ncn[nH]1. The number of nitrogens with zero attached hydrogens (tertiary/aromatic N) is 2. The Morgan fingerprint density at radius 3 is 2.89 bits per heavy atom. The molecule has 1 saturated carbocycles. The third kappa shape index (κ3) is 2.29. The molecule has 2 N–H and O–H groups in total. The third-order valence-corrected chi connectivity index (χ3v) is 5.53. The predicted octanol–water partition coefficient (Wildman–Crippen LogP) is 3.72. The van der Waals surface area contributed by atoms with Crippen molar-refractivity contribution in [1.82, 2.24) is 15.2 Å². The molecule has 19 heavy (non-hydrogen) atoms. The van der Waals surface area contributed by atoms with E-state index in [1.54, 1.807) is 6.07 Å². The molecule has 0 bridgehead atoms. The molecule has 2 unspecified atom stereocenters. The maximum atomic E-state index is 11.1. The van der Waals surface area contributed by atoms with Gasteiger partial charge in [0.15, 0.2) is 0 Å². The Morgan fingerprint density at radius 2 is 2.26 bits per heavy atom. The van der Waals surface area contributed by atoms with E-state index in [1.165, 1.54) is 17.7 Å². The molecule has 2 aromatic rings. The van der Waals surface area contributed by atoms with Crippen LogP contribution < -0.4 is 0 Å². The lowest BCUT2D eigenvalue weighted by Crippen LogP contribution is -2.36. The van der Waals surface area contributed by atoms with Crippen molar-refractivity contribution in [2.45, 2.75) is 37.2 Å². The normalized spacial score (nSPS) is 27.6. The number of nitrogens with one attached hydrogen (secondary N) is 1. The van der Waals surface area contributed by atoms with Crippen LogP contribution in [0.5, 0.6) is 0 Å². The van der Waals surface area contributed by atoms with Crippen LogP contribution in [0.3, 0.4) is 0 Å². The van der Waals surface area contributed by atoms with E-state index < -0.39 is 5.60 Å². The molecule has 7 heteroatoms. The second-order valence-electron chi connectivity index (χ2n) is 4.82. The molecule has 2 atom stereocenters. The van der Waals surface area contributed by atoms with Gasteiger partial charge in [-0.1, -0.05) is 36.0 Å². The summed E-state index contributed by atoms with van der Waals surface area (Å²) in [7, 11) is 0. The molecule has 0 saturated heterocycles. The predicted molar refractivity (Wildman–Crippen MR) is 75.8 cm³/mol. The number of rotatable bonds is 2. The lowest BCUT2D eigenvalue weighted by Gasteiger charge is -2.38. The monoisotopic (exact) mass is 317 g/mol. The zero-order chi connectivity index (χ0) is 13.5. The fourth-order valence-electron chi connectivity index (χ4n) is 2.81. The summed E-state index contributed by atoms with van der Waals surface area (Å²) in [4.78, 5) is 4.94. The highest BCUT2D eigenvalue weighted by molar-refractivity contribution is 7.16. The maximum Gasteiger partial charge on any atom is 0.137 e. The summed E-state index contributed by atoms with van der Waals surface area (Å²) in [5, 5.41) is 18.4. The van der Waals surface area contributed by atoms with Gasteiger partial charge in [-0.25, -0.2) is 4.98 Å². The van der Waals surface area contributed by atoms with Crippen molar-refractivity contribution in [2.75, 3.05) is 0 Å². The van der Waals surface area contributed by atoms with Crippen molar-refractivity contribution in [2.24, 2.45) is 0 Å². The van der Waals surface area contributed by atoms with Gasteiger partial charge in [0.25, 0.3) is 0 Å². The Kier molecular flexibility index (Phi) is 3.55. The zero-order valence-corrected chi connectivity index (χ0v) is 12.4. The lowest BCUT2D eigenvalue weighted by atomic mass is 9.74. The van der Waals surface area contributed by atoms with Gasteiger partial charge < -0.3 is 5.11 Å². The van der Waals surface area contributed by atoms with Crippen molar-refractivity contribution < 1.29 is 5.11 Å². The van der Waals surface area contributed by atoms with Crippen LogP contribution in [0.15, 0.2) is 12.4 Å². The Morgan fingerprint density at radius 1 is 1.42 bits per heavy atom. The highest BCUT2D eigenvalue weighted by Crippen LogP contribution is 2.51. The average molecular weight is 318 g/mol. The van der Waals surface area contributed by atoms with E-state index >= 15 is 0 Å². The summed E-state index contributed by atoms with van der Waals surface area (Å²) in [6.07, 6.45) is 5.01. The third-order valence-electron chi connectivity index (χ3n) is 3.69. The fraction of sp³-hybridized carbons (Fsp3) is 0.500. The van der Waals surface area contributed by atoms with E-state index in [0.717, 1.165) is 24.1 Å². The molecule has 0 aliphatic heterocycles. The number of H-pyrrole nitrogens is 1. The molecular weight excluding hydrogens is 305 g/mol. The zero-order valence-electron chi connectivity index (χ0n) is 10.1. The van der Waals surface area contributed by atoms with Gasteiger partial charge in [0.2, 0.25) is 0 Å². The molecule has 0 radical (unpaired) electrons. The minimum absolute atomic E-state index is 0.115. The van der Waals surface area contributed by atoms with Crippen LogP contribution in [0.1, 0.15) is 42.3 Å². The molecule has 102 valence electrons. The summed E-state index contributed by atoms with van der Waals surface area (Å²) in [5.41, 5.74) is -1.01. The minimum atomic E-state index is -1.01. The van der Waals surface area contributed by atoms with E-state index in [0.29, 0.717) is 21.6 Å². The largest absolute Gasteiger partial charge is 0.384 e. The van der Waals surface area contributed by atoms with E-state index in [-0.39, 0.29) is 5.92 Å². The Balaban J connectivity index is 2.05. The molecule has 1 aliphatic rings. The standard InChI is InChI=1S/C12H13Cl2N3OS/c13-8-5-9(14)19-10(8)12(18)4-2-1-3-7(12)11-15-6-16-17-11/h5-7,18H,1-4H2,(H,15,16,17). The Hall–Kier alpha value is -0.620. The van der Waals surface area contributed by atoms with Gasteiger partial charge in [0, 0.05) is 0 Å². The van der Waals surface area contributed by atoms with Crippen LogP contribution in [0, 0.1) is 0 Å². The minimum Gasteiger partial charge on any atom is -0.384 e. The Bertz CT molecular complexity index is 572. The molecular formula is C12H13Cl2N3OS. The topological polar surface area (TPSA) is 61.8 Å². The quantitative estimate of drug-likeness (QED) is 0.887. The molecule has 0 spiro atoms. The van der Waals surface area contributed by atoms with Crippen molar-refractivity contribution in [3.05, 3.63) is 32.5 Å². The number of aliphatic hydroxyl groups is 1. The summed E-state index contributed by atoms with van der Waals surface area (Å²) in [6, 6.07) is 1.69. The lowest BCUT2D eigenvalue weighted by molar-refractivity contribution is -0.0216. The van der Waals surface area contributed by atoms with Crippen LogP contribution in [-0.2, 0) is 5.60 Å². The Labute approximate surface area is 124 Å². The van der Waals surface area contributed by atoms with Crippen LogP contribution in [0.4, 0.5) is 0 Å². The molecule has 3 rings (SSSR count). The number of halogens is 2. The van der Waals surface area contributed by atoms with Crippen LogP contribution in [0.2, 0.25) is 9.36 Å². The second-order valence-corrected chi connectivity index (χ2v) is 6.91. The van der Waals surface area contributed by atoms with E-state index in [4.69, 9.17) is 23.2 Å². The first-order valence-corrected chi connectivity index (χ1v) is 7.71. The van der Waals surface area contributed by atoms with Crippen LogP contribution in [0.25, 0.3) is 0 Å². The van der Waals surface area contributed by atoms with E-state index in [1.807, 2.05) is 0 Å². The van der Waals surface area contributed by atoms with Gasteiger partial charge in [-0.2, -0.15) is 5.10 Å². The first-order chi connectivity index (χ1) is 9.11. The molecule has 0 aromatic carbocycles. The van der Waals surface area contributed by atoms with Crippen molar-refractivity contribution in [3.8, 4) is 0 Å². The summed E-state index contributed by atoms with van der Waals surface area (Å²) in [6.45, 7) is 0. The number of thiophene rings is 1. The fourth-order valence-corrected chi connectivity index (χ4v) is 4.61. The summed E-state index contributed by atoms with van der Waals surface area (Å²) < 4.78 is 0.593. The van der Waals surface area contributed by atoms with E-state index in [2.05, 4.69) is 15.2 Å². The molecule has 2 heterocycles. The summed E-state index contributed by atoms with van der Waals surface area (Å²) in [5.74, 6) is 0.596. The van der Waals surface area contributed by atoms with Gasteiger partial charge >= 0.3 is 0 Å².